The molecule has 1 amide bonds. The Balaban J connectivity index is 1.56. The molecule has 0 bridgehead atoms. The Morgan fingerprint density at radius 3 is 2.74 bits per heavy atom. The molecule has 6 heteroatoms. The number of morpholine rings is 1. The molecule has 1 saturated heterocycles. The second-order valence-corrected chi connectivity index (χ2v) is 5.33. The summed E-state index contributed by atoms with van der Waals surface area (Å²) in [7, 11) is 0. The summed E-state index contributed by atoms with van der Waals surface area (Å²) in [6, 6.07) is 11.7. The van der Waals surface area contributed by atoms with E-state index in [0.29, 0.717) is 31.4 Å². The molecule has 0 aliphatic carbocycles. The fourth-order valence-corrected chi connectivity index (χ4v) is 2.45. The van der Waals surface area contributed by atoms with E-state index in [9.17, 15) is 4.79 Å². The van der Waals surface area contributed by atoms with E-state index in [1.54, 1.807) is 12.3 Å². The van der Waals surface area contributed by atoms with Gasteiger partial charge in [0, 0.05) is 25.8 Å². The summed E-state index contributed by atoms with van der Waals surface area (Å²) in [6.45, 7) is 3.41. The number of anilines is 1. The summed E-state index contributed by atoms with van der Waals surface area (Å²) < 4.78 is 5.32. The Kier molecular flexibility index (Phi) is 5.16. The van der Waals surface area contributed by atoms with Crippen LogP contribution < -0.4 is 10.2 Å². The van der Waals surface area contributed by atoms with Crippen molar-refractivity contribution >= 4 is 11.9 Å². The topological polar surface area (TPSA) is 67.4 Å². The van der Waals surface area contributed by atoms with Crippen molar-refractivity contribution in [3.63, 3.8) is 0 Å². The van der Waals surface area contributed by atoms with Crippen LogP contribution in [0.1, 0.15) is 16.1 Å². The molecule has 1 aliphatic heterocycles. The highest BCUT2D eigenvalue weighted by Gasteiger charge is 2.15. The molecular weight excluding hydrogens is 292 g/mol. The molecule has 0 atom stereocenters. The first kappa shape index (κ1) is 15.4. The maximum atomic E-state index is 12.2. The van der Waals surface area contributed by atoms with Gasteiger partial charge in [0.1, 0.15) is 5.69 Å². The van der Waals surface area contributed by atoms with Crippen LogP contribution >= 0.6 is 0 Å². The molecule has 6 nitrogen and oxygen atoms in total. The SMILES string of the molecule is O=C(NCCc1ccccc1)c1ccnc(N2CCOCC2)n1. The highest BCUT2D eigenvalue weighted by molar-refractivity contribution is 5.92. The van der Waals surface area contributed by atoms with E-state index in [4.69, 9.17) is 4.74 Å². The standard InChI is InChI=1S/C17H20N4O2/c22-16(18-8-6-14-4-2-1-3-5-14)15-7-9-19-17(20-15)21-10-12-23-13-11-21/h1-5,7,9H,6,8,10-13H2,(H,18,22). The molecule has 120 valence electrons. The highest BCUT2D eigenvalue weighted by atomic mass is 16.5. The largest absolute Gasteiger partial charge is 0.378 e. The van der Waals surface area contributed by atoms with Crippen molar-refractivity contribution in [1.82, 2.24) is 15.3 Å². The fourth-order valence-electron chi connectivity index (χ4n) is 2.45. The molecule has 1 aromatic heterocycles. The number of benzene rings is 1. The van der Waals surface area contributed by atoms with Crippen LogP contribution in [0.3, 0.4) is 0 Å². The van der Waals surface area contributed by atoms with Crippen LogP contribution in [-0.4, -0.2) is 48.7 Å². The highest BCUT2D eigenvalue weighted by Crippen LogP contribution is 2.09. The molecule has 23 heavy (non-hydrogen) atoms. The zero-order chi connectivity index (χ0) is 15.9. The predicted octanol–water partition coefficient (Wildman–Crippen LogP) is 1.29. The second kappa shape index (κ2) is 7.69. The summed E-state index contributed by atoms with van der Waals surface area (Å²) >= 11 is 0. The molecule has 0 radical (unpaired) electrons. The third kappa shape index (κ3) is 4.26. The van der Waals surface area contributed by atoms with E-state index in [2.05, 4.69) is 15.3 Å². The van der Waals surface area contributed by atoms with Crippen molar-refractivity contribution in [2.75, 3.05) is 37.7 Å². The first-order valence-corrected chi connectivity index (χ1v) is 7.81. The van der Waals surface area contributed by atoms with Gasteiger partial charge in [-0.2, -0.15) is 0 Å². The van der Waals surface area contributed by atoms with Gasteiger partial charge < -0.3 is 15.0 Å². The molecule has 0 spiro atoms. The number of amides is 1. The zero-order valence-corrected chi connectivity index (χ0v) is 12.9. The van der Waals surface area contributed by atoms with Crippen molar-refractivity contribution < 1.29 is 9.53 Å². The lowest BCUT2D eigenvalue weighted by Gasteiger charge is -2.26. The lowest BCUT2D eigenvalue weighted by atomic mass is 10.1. The number of carbonyl (C=O) groups is 1. The Morgan fingerprint density at radius 1 is 1.17 bits per heavy atom. The van der Waals surface area contributed by atoms with E-state index in [1.807, 2.05) is 35.2 Å². The summed E-state index contributed by atoms with van der Waals surface area (Å²) in [5.74, 6) is 0.418. The minimum absolute atomic E-state index is 0.169. The van der Waals surface area contributed by atoms with Crippen molar-refractivity contribution in [3.05, 3.63) is 53.9 Å². The van der Waals surface area contributed by atoms with Gasteiger partial charge in [-0.25, -0.2) is 9.97 Å². The number of hydrogen-bond donors (Lipinski definition) is 1. The van der Waals surface area contributed by atoms with Gasteiger partial charge in [-0.05, 0) is 18.1 Å². The number of carbonyl (C=O) groups excluding carboxylic acids is 1. The Labute approximate surface area is 135 Å². The van der Waals surface area contributed by atoms with Crippen LogP contribution in [0.25, 0.3) is 0 Å². The van der Waals surface area contributed by atoms with E-state index in [-0.39, 0.29) is 5.91 Å². The zero-order valence-electron chi connectivity index (χ0n) is 12.9. The number of nitrogens with zero attached hydrogens (tertiary/aromatic N) is 3. The van der Waals surface area contributed by atoms with Crippen LogP contribution in [0.4, 0.5) is 5.95 Å². The lowest BCUT2D eigenvalue weighted by molar-refractivity contribution is 0.0949. The van der Waals surface area contributed by atoms with Crippen molar-refractivity contribution in [2.24, 2.45) is 0 Å². The second-order valence-electron chi connectivity index (χ2n) is 5.33. The number of hydrogen-bond acceptors (Lipinski definition) is 5. The molecule has 1 N–H and O–H groups in total. The molecule has 1 aromatic carbocycles. The molecular formula is C17H20N4O2. The number of aromatic nitrogens is 2. The summed E-state index contributed by atoms with van der Waals surface area (Å²) in [5.41, 5.74) is 1.60. The Bertz CT molecular complexity index is 642. The number of ether oxygens (including phenoxy) is 1. The van der Waals surface area contributed by atoms with E-state index in [0.717, 1.165) is 19.5 Å². The maximum Gasteiger partial charge on any atom is 0.270 e. The summed E-state index contributed by atoms with van der Waals surface area (Å²) in [6.07, 6.45) is 2.43. The first-order chi connectivity index (χ1) is 11.3. The normalized spacial score (nSPS) is 14.5. The number of rotatable bonds is 5. The van der Waals surface area contributed by atoms with Crippen LogP contribution in [0, 0.1) is 0 Å². The average Bonchev–Trinajstić information content (AvgIpc) is 2.63. The van der Waals surface area contributed by atoms with Crippen molar-refractivity contribution in [3.8, 4) is 0 Å². The van der Waals surface area contributed by atoms with Gasteiger partial charge in [0.15, 0.2) is 0 Å². The van der Waals surface area contributed by atoms with Crippen LogP contribution in [0.15, 0.2) is 42.6 Å². The minimum Gasteiger partial charge on any atom is -0.378 e. The lowest BCUT2D eigenvalue weighted by Crippen LogP contribution is -2.37. The van der Waals surface area contributed by atoms with E-state index >= 15 is 0 Å². The fraction of sp³-hybridized carbons (Fsp3) is 0.353. The maximum absolute atomic E-state index is 12.2. The van der Waals surface area contributed by atoms with Gasteiger partial charge in [0.2, 0.25) is 5.95 Å². The average molecular weight is 312 g/mol. The third-order valence-corrected chi connectivity index (χ3v) is 3.71. The Hall–Kier alpha value is -2.47. The molecule has 2 heterocycles. The molecule has 2 aromatic rings. The molecule has 0 saturated carbocycles. The van der Waals surface area contributed by atoms with Crippen molar-refractivity contribution in [1.29, 1.82) is 0 Å². The molecule has 3 rings (SSSR count). The van der Waals surface area contributed by atoms with Crippen LogP contribution in [0.5, 0.6) is 0 Å². The van der Waals surface area contributed by atoms with Crippen molar-refractivity contribution in [2.45, 2.75) is 6.42 Å². The summed E-state index contributed by atoms with van der Waals surface area (Å²) in [5, 5.41) is 2.91. The Morgan fingerprint density at radius 2 is 1.96 bits per heavy atom. The van der Waals surface area contributed by atoms with E-state index < -0.39 is 0 Å². The van der Waals surface area contributed by atoms with Gasteiger partial charge >= 0.3 is 0 Å². The predicted molar refractivity (Wildman–Crippen MR) is 87.5 cm³/mol. The monoisotopic (exact) mass is 312 g/mol. The van der Waals surface area contributed by atoms with Gasteiger partial charge in [-0.15, -0.1) is 0 Å². The number of nitrogens with one attached hydrogen (secondary N) is 1. The molecule has 1 fully saturated rings. The first-order valence-electron chi connectivity index (χ1n) is 7.81. The van der Waals surface area contributed by atoms with Gasteiger partial charge in [0.05, 0.1) is 13.2 Å². The quantitative estimate of drug-likeness (QED) is 0.901. The van der Waals surface area contributed by atoms with Crippen LogP contribution in [-0.2, 0) is 11.2 Å². The van der Waals surface area contributed by atoms with Crippen LogP contribution in [0.2, 0.25) is 0 Å². The molecule has 0 unspecified atom stereocenters. The minimum atomic E-state index is -0.169. The van der Waals surface area contributed by atoms with Gasteiger partial charge in [-0.1, -0.05) is 30.3 Å². The van der Waals surface area contributed by atoms with Gasteiger partial charge in [0.25, 0.3) is 5.91 Å². The summed E-state index contributed by atoms with van der Waals surface area (Å²) in [4.78, 5) is 22.9. The molecule has 1 aliphatic rings. The smallest absolute Gasteiger partial charge is 0.270 e. The van der Waals surface area contributed by atoms with Gasteiger partial charge in [-0.3, -0.25) is 4.79 Å². The van der Waals surface area contributed by atoms with E-state index in [1.165, 1.54) is 5.56 Å². The third-order valence-electron chi connectivity index (χ3n) is 3.71.